The fraction of sp³-hybridized carbons (Fsp3) is 0.562. The first-order valence-electron chi connectivity index (χ1n) is 7.45. The summed E-state index contributed by atoms with van der Waals surface area (Å²) in [5.41, 5.74) is 2.25. The number of rotatable bonds is 3. The summed E-state index contributed by atoms with van der Waals surface area (Å²) < 4.78 is 3.41. The van der Waals surface area contributed by atoms with Gasteiger partial charge in [0.05, 0.1) is 16.4 Å². The maximum atomic E-state index is 6.34. The number of benzene rings is 1. The summed E-state index contributed by atoms with van der Waals surface area (Å²) in [6.45, 7) is 3.07. The van der Waals surface area contributed by atoms with Gasteiger partial charge in [-0.3, -0.25) is 0 Å². The van der Waals surface area contributed by atoms with E-state index in [0.717, 1.165) is 28.3 Å². The molecule has 0 N–H and O–H groups in total. The van der Waals surface area contributed by atoms with Crippen LogP contribution in [0.25, 0.3) is 11.0 Å². The fourth-order valence-electron chi connectivity index (χ4n) is 3.25. The lowest BCUT2D eigenvalue weighted by Crippen LogP contribution is -2.16. The van der Waals surface area contributed by atoms with Gasteiger partial charge in [-0.2, -0.15) is 0 Å². The van der Waals surface area contributed by atoms with Crippen molar-refractivity contribution in [3.63, 3.8) is 0 Å². The molecule has 1 aromatic carbocycles. The second-order valence-corrected chi connectivity index (χ2v) is 7.40. The quantitative estimate of drug-likeness (QED) is 0.648. The minimum Gasteiger partial charge on any atom is -0.326 e. The van der Waals surface area contributed by atoms with Crippen molar-refractivity contribution in [3.05, 3.63) is 28.5 Å². The van der Waals surface area contributed by atoms with Crippen LogP contribution >= 0.6 is 27.5 Å². The van der Waals surface area contributed by atoms with Gasteiger partial charge in [-0.15, -0.1) is 11.6 Å². The van der Waals surface area contributed by atoms with Crippen molar-refractivity contribution in [1.29, 1.82) is 0 Å². The van der Waals surface area contributed by atoms with E-state index in [-0.39, 0.29) is 5.38 Å². The Bertz CT molecular complexity index is 600. The van der Waals surface area contributed by atoms with E-state index in [9.17, 15) is 0 Å². The predicted octanol–water partition coefficient (Wildman–Crippen LogP) is 5.68. The Labute approximate surface area is 133 Å². The van der Waals surface area contributed by atoms with Crippen LogP contribution in [-0.4, -0.2) is 9.55 Å². The van der Waals surface area contributed by atoms with Crippen molar-refractivity contribution in [2.45, 2.75) is 50.9 Å². The zero-order valence-corrected chi connectivity index (χ0v) is 14.1. The van der Waals surface area contributed by atoms with E-state index in [1.807, 2.05) is 6.92 Å². The van der Waals surface area contributed by atoms with E-state index in [2.05, 4.69) is 38.7 Å². The molecular formula is C16H20BrClN2. The highest BCUT2D eigenvalue weighted by Gasteiger charge is 2.20. The Morgan fingerprint density at radius 1 is 1.35 bits per heavy atom. The predicted molar refractivity (Wildman–Crippen MR) is 88.3 cm³/mol. The first-order chi connectivity index (χ1) is 9.65. The average Bonchev–Trinajstić information content (AvgIpc) is 2.78. The number of fused-ring (bicyclic) bond motifs is 1. The summed E-state index contributed by atoms with van der Waals surface area (Å²) >= 11 is 9.86. The molecule has 0 radical (unpaired) electrons. The molecule has 1 aliphatic rings. The molecule has 2 aromatic rings. The van der Waals surface area contributed by atoms with Crippen molar-refractivity contribution in [2.24, 2.45) is 5.92 Å². The van der Waals surface area contributed by atoms with Crippen LogP contribution in [0, 0.1) is 5.92 Å². The number of imidazole rings is 1. The zero-order valence-electron chi connectivity index (χ0n) is 11.8. The Hall–Kier alpha value is -0.540. The van der Waals surface area contributed by atoms with Crippen molar-refractivity contribution in [2.75, 3.05) is 0 Å². The molecular weight excluding hydrogens is 336 g/mol. The molecule has 1 atom stereocenters. The Morgan fingerprint density at radius 3 is 2.80 bits per heavy atom. The highest BCUT2D eigenvalue weighted by molar-refractivity contribution is 9.10. The number of nitrogens with zero attached hydrogens (tertiary/aromatic N) is 2. The number of alkyl halides is 1. The van der Waals surface area contributed by atoms with Crippen LogP contribution in [0.4, 0.5) is 0 Å². The monoisotopic (exact) mass is 354 g/mol. The molecule has 0 aliphatic heterocycles. The molecule has 108 valence electrons. The van der Waals surface area contributed by atoms with Gasteiger partial charge in [-0.05, 0) is 43.9 Å². The van der Waals surface area contributed by atoms with Crippen molar-refractivity contribution < 1.29 is 0 Å². The molecule has 1 saturated carbocycles. The standard InChI is InChI=1S/C16H20BrClN2/c1-11(18)16-19-14-9-13(17)7-8-15(14)20(16)10-12-5-3-2-4-6-12/h7-9,11-12H,2-6,10H2,1H3. The molecule has 1 unspecified atom stereocenters. The number of hydrogen-bond acceptors (Lipinski definition) is 1. The van der Waals surface area contributed by atoms with Gasteiger partial charge < -0.3 is 4.57 Å². The Kier molecular flexibility index (Phi) is 4.37. The maximum absolute atomic E-state index is 6.34. The second kappa shape index (κ2) is 6.07. The van der Waals surface area contributed by atoms with Crippen LogP contribution in [0.2, 0.25) is 0 Å². The van der Waals surface area contributed by atoms with E-state index in [4.69, 9.17) is 16.6 Å². The first-order valence-corrected chi connectivity index (χ1v) is 8.68. The number of hydrogen-bond donors (Lipinski definition) is 0. The minimum absolute atomic E-state index is 0.0511. The molecule has 1 aliphatic carbocycles. The normalized spacial score (nSPS) is 18.6. The Morgan fingerprint density at radius 2 is 2.10 bits per heavy atom. The molecule has 0 saturated heterocycles. The molecule has 0 bridgehead atoms. The second-order valence-electron chi connectivity index (χ2n) is 5.83. The molecule has 20 heavy (non-hydrogen) atoms. The zero-order chi connectivity index (χ0) is 14.1. The third-order valence-corrected chi connectivity index (χ3v) is 4.95. The molecule has 2 nitrogen and oxygen atoms in total. The smallest absolute Gasteiger partial charge is 0.127 e. The van der Waals surface area contributed by atoms with Crippen LogP contribution in [0.5, 0.6) is 0 Å². The lowest BCUT2D eigenvalue weighted by atomic mass is 9.89. The number of halogens is 2. The van der Waals surface area contributed by atoms with E-state index in [1.54, 1.807) is 0 Å². The van der Waals surface area contributed by atoms with Gasteiger partial charge in [0.15, 0.2) is 0 Å². The summed E-state index contributed by atoms with van der Waals surface area (Å²) in [6, 6.07) is 6.32. The maximum Gasteiger partial charge on any atom is 0.127 e. The van der Waals surface area contributed by atoms with E-state index >= 15 is 0 Å². The van der Waals surface area contributed by atoms with Crippen LogP contribution in [-0.2, 0) is 6.54 Å². The molecule has 0 spiro atoms. The summed E-state index contributed by atoms with van der Waals surface area (Å²) in [5, 5.41) is -0.0511. The molecule has 0 amide bonds. The lowest BCUT2D eigenvalue weighted by Gasteiger charge is -2.23. The van der Waals surface area contributed by atoms with Gasteiger partial charge in [-0.1, -0.05) is 35.2 Å². The molecule has 4 heteroatoms. The lowest BCUT2D eigenvalue weighted by molar-refractivity contribution is 0.319. The fourth-order valence-corrected chi connectivity index (χ4v) is 3.76. The third-order valence-electron chi connectivity index (χ3n) is 4.26. The van der Waals surface area contributed by atoms with Crippen molar-refractivity contribution in [1.82, 2.24) is 9.55 Å². The summed E-state index contributed by atoms with van der Waals surface area (Å²) in [5.74, 6) is 1.78. The van der Waals surface area contributed by atoms with Crippen molar-refractivity contribution in [3.8, 4) is 0 Å². The summed E-state index contributed by atoms with van der Waals surface area (Å²) in [4.78, 5) is 4.74. The summed E-state index contributed by atoms with van der Waals surface area (Å²) in [6.07, 6.45) is 6.81. The molecule has 3 rings (SSSR count). The largest absolute Gasteiger partial charge is 0.326 e. The van der Waals surface area contributed by atoms with E-state index in [0.29, 0.717) is 0 Å². The van der Waals surface area contributed by atoms with Crippen LogP contribution in [0.15, 0.2) is 22.7 Å². The van der Waals surface area contributed by atoms with Gasteiger partial charge in [0.1, 0.15) is 5.82 Å². The van der Waals surface area contributed by atoms with Gasteiger partial charge in [0.2, 0.25) is 0 Å². The van der Waals surface area contributed by atoms with Crippen LogP contribution < -0.4 is 0 Å². The van der Waals surface area contributed by atoms with Gasteiger partial charge in [0, 0.05) is 11.0 Å². The molecule has 1 heterocycles. The van der Waals surface area contributed by atoms with Crippen LogP contribution in [0.1, 0.15) is 50.2 Å². The van der Waals surface area contributed by atoms with E-state index < -0.39 is 0 Å². The van der Waals surface area contributed by atoms with Gasteiger partial charge in [0.25, 0.3) is 0 Å². The Balaban J connectivity index is 1.99. The van der Waals surface area contributed by atoms with E-state index in [1.165, 1.54) is 37.6 Å². The SMILES string of the molecule is CC(Cl)c1nc2cc(Br)ccc2n1CC1CCCCC1. The van der Waals surface area contributed by atoms with Crippen molar-refractivity contribution >= 4 is 38.6 Å². The first kappa shape index (κ1) is 14.4. The topological polar surface area (TPSA) is 17.8 Å². The average molecular weight is 356 g/mol. The number of aromatic nitrogens is 2. The van der Waals surface area contributed by atoms with Gasteiger partial charge >= 0.3 is 0 Å². The molecule has 1 fully saturated rings. The highest BCUT2D eigenvalue weighted by atomic mass is 79.9. The molecule has 1 aromatic heterocycles. The third kappa shape index (κ3) is 2.89. The highest BCUT2D eigenvalue weighted by Crippen LogP contribution is 2.31. The minimum atomic E-state index is -0.0511. The summed E-state index contributed by atoms with van der Waals surface area (Å²) in [7, 11) is 0. The van der Waals surface area contributed by atoms with Gasteiger partial charge in [-0.25, -0.2) is 4.98 Å². The van der Waals surface area contributed by atoms with Crippen LogP contribution in [0.3, 0.4) is 0 Å².